The van der Waals surface area contributed by atoms with E-state index in [1.807, 2.05) is 24.3 Å². The fourth-order valence-corrected chi connectivity index (χ4v) is 4.00. The number of ketones is 1. The molecule has 3 amide bonds. The molecule has 1 aromatic rings. The molecule has 0 radical (unpaired) electrons. The van der Waals surface area contributed by atoms with Gasteiger partial charge in [0.05, 0.1) is 0 Å². The van der Waals surface area contributed by atoms with Crippen LogP contribution in [0.25, 0.3) is 0 Å². The third-order valence-corrected chi connectivity index (χ3v) is 6.86. The molecule has 146 valence electrons. The van der Waals surface area contributed by atoms with E-state index in [1.165, 1.54) is 4.90 Å². The van der Waals surface area contributed by atoms with Crippen molar-refractivity contribution in [3.05, 3.63) is 29.8 Å². The number of hydrogen-bond donors (Lipinski definition) is 0. The van der Waals surface area contributed by atoms with E-state index in [-0.39, 0.29) is 18.7 Å². The summed E-state index contributed by atoms with van der Waals surface area (Å²) in [6.07, 6.45) is 1.51. The van der Waals surface area contributed by atoms with Crippen molar-refractivity contribution in [3.63, 3.8) is 0 Å². The first-order valence-electron chi connectivity index (χ1n) is 9.56. The van der Waals surface area contributed by atoms with Crippen molar-refractivity contribution in [1.82, 2.24) is 4.90 Å². The highest BCUT2D eigenvalue weighted by atomic mass is 28.3. The van der Waals surface area contributed by atoms with Gasteiger partial charge in [0.25, 0.3) is 0 Å². The van der Waals surface area contributed by atoms with Gasteiger partial charge in [-0.25, -0.2) is 9.69 Å². The number of hydrogen-bond acceptors (Lipinski definition) is 4. The van der Waals surface area contributed by atoms with Crippen molar-refractivity contribution in [1.29, 1.82) is 0 Å². The first-order valence-corrected chi connectivity index (χ1v) is 13.3. The van der Waals surface area contributed by atoms with Crippen molar-refractivity contribution >= 4 is 31.5 Å². The van der Waals surface area contributed by atoms with Crippen LogP contribution >= 0.6 is 0 Å². The first kappa shape index (κ1) is 19.8. The molecular formula is C20H28N2O4Si. The Labute approximate surface area is 161 Å². The second-order valence-corrected chi connectivity index (χ2v) is 14.2. The number of carbonyl (C=O) groups excluding carboxylic acids is 3. The largest absolute Gasteiger partial charge is 0.361 e. The van der Waals surface area contributed by atoms with E-state index in [1.54, 1.807) is 4.90 Å². The van der Waals surface area contributed by atoms with Crippen LogP contribution in [0.15, 0.2) is 24.3 Å². The second-order valence-electron chi connectivity index (χ2n) is 8.59. The predicted octanol–water partition coefficient (Wildman–Crippen LogP) is 3.60. The lowest BCUT2D eigenvalue weighted by Crippen LogP contribution is -2.53. The number of nitrogens with zero attached hydrogens (tertiary/aromatic N) is 2. The predicted molar refractivity (Wildman–Crippen MR) is 107 cm³/mol. The van der Waals surface area contributed by atoms with Crippen molar-refractivity contribution in [2.24, 2.45) is 0 Å². The van der Waals surface area contributed by atoms with Gasteiger partial charge in [-0.1, -0.05) is 31.8 Å². The molecule has 1 aliphatic heterocycles. The molecule has 1 saturated heterocycles. The van der Waals surface area contributed by atoms with Crippen LogP contribution < -0.4 is 4.90 Å². The topological polar surface area (TPSA) is 66.9 Å². The maximum Gasteiger partial charge on any atom is 0.333 e. The van der Waals surface area contributed by atoms with Crippen molar-refractivity contribution < 1.29 is 19.1 Å². The Bertz CT molecular complexity index is 718. The molecule has 0 N–H and O–H groups in total. The summed E-state index contributed by atoms with van der Waals surface area (Å²) in [5.74, 6) is 0.425. The lowest BCUT2D eigenvalue weighted by Gasteiger charge is -2.34. The lowest BCUT2D eigenvalue weighted by molar-refractivity contribution is -0.133. The monoisotopic (exact) mass is 388 g/mol. The molecular weight excluding hydrogens is 360 g/mol. The molecule has 1 aliphatic carbocycles. The highest BCUT2D eigenvalue weighted by Crippen LogP contribution is 2.34. The molecule has 6 nitrogen and oxygen atoms in total. The summed E-state index contributed by atoms with van der Waals surface area (Å²) in [4.78, 5) is 38.9. The highest BCUT2D eigenvalue weighted by Gasteiger charge is 2.33. The molecule has 1 heterocycles. The molecule has 3 rings (SSSR count). The van der Waals surface area contributed by atoms with E-state index in [9.17, 15) is 14.4 Å². The van der Waals surface area contributed by atoms with Crippen LogP contribution in [0.2, 0.25) is 25.7 Å². The van der Waals surface area contributed by atoms with Crippen LogP contribution in [-0.2, 0) is 14.3 Å². The smallest absolute Gasteiger partial charge is 0.333 e. The van der Waals surface area contributed by atoms with Gasteiger partial charge in [-0.15, -0.1) is 0 Å². The van der Waals surface area contributed by atoms with E-state index in [0.29, 0.717) is 44.1 Å². The minimum atomic E-state index is -1.21. The fraction of sp³-hybridized carbons (Fsp3) is 0.550. The molecule has 0 bridgehead atoms. The van der Waals surface area contributed by atoms with Crippen LogP contribution in [0, 0.1) is 0 Å². The third-order valence-electron chi connectivity index (χ3n) is 5.15. The molecule has 2 aliphatic rings. The molecule has 0 aromatic heterocycles. The average molecular weight is 389 g/mol. The standard InChI is InChI=1S/C20H28N2O4Si/c1-27(2,3)11-10-26-14-22-19(24)8-9-21(20(22)25)17-6-4-15(5-7-17)16-12-18(23)13-16/h4-7,16H,8-14H2,1-3H3. The molecule has 0 atom stereocenters. The zero-order chi connectivity index (χ0) is 19.6. The number of amides is 3. The van der Waals surface area contributed by atoms with Crippen LogP contribution in [0.3, 0.4) is 0 Å². The first-order chi connectivity index (χ1) is 12.7. The lowest BCUT2D eigenvalue weighted by atomic mass is 9.79. The van der Waals surface area contributed by atoms with Crippen LogP contribution in [0.4, 0.5) is 10.5 Å². The normalized spacial score (nSPS) is 18.9. The summed E-state index contributed by atoms with van der Waals surface area (Å²) in [5, 5.41) is 0. The highest BCUT2D eigenvalue weighted by molar-refractivity contribution is 6.76. The Hall–Kier alpha value is -1.99. The number of imide groups is 1. The fourth-order valence-electron chi connectivity index (χ4n) is 3.24. The maximum absolute atomic E-state index is 12.8. The van der Waals surface area contributed by atoms with Gasteiger partial charge in [-0.3, -0.25) is 14.5 Å². The number of urea groups is 1. The van der Waals surface area contributed by atoms with Gasteiger partial charge >= 0.3 is 6.03 Å². The Morgan fingerprint density at radius 1 is 1.07 bits per heavy atom. The number of benzene rings is 1. The van der Waals surface area contributed by atoms with E-state index in [0.717, 1.165) is 17.3 Å². The van der Waals surface area contributed by atoms with E-state index in [2.05, 4.69) is 19.6 Å². The molecule has 2 fully saturated rings. The van der Waals surface area contributed by atoms with Gasteiger partial charge in [0.1, 0.15) is 12.5 Å². The third kappa shape index (κ3) is 4.84. The van der Waals surface area contributed by atoms with E-state index < -0.39 is 8.07 Å². The maximum atomic E-state index is 12.8. The minimum Gasteiger partial charge on any atom is -0.361 e. The summed E-state index contributed by atoms with van der Waals surface area (Å²) >= 11 is 0. The number of ether oxygens (including phenoxy) is 1. The quantitative estimate of drug-likeness (QED) is 0.529. The summed E-state index contributed by atoms with van der Waals surface area (Å²) in [6.45, 7) is 7.75. The summed E-state index contributed by atoms with van der Waals surface area (Å²) in [6, 6.07) is 8.42. The molecule has 0 unspecified atom stereocenters. The van der Waals surface area contributed by atoms with Gasteiger partial charge in [0, 0.05) is 46.2 Å². The Morgan fingerprint density at radius 3 is 2.33 bits per heavy atom. The number of rotatable bonds is 7. The van der Waals surface area contributed by atoms with Crippen LogP contribution in [-0.4, -0.2) is 50.6 Å². The molecule has 1 saturated carbocycles. The molecule has 1 aromatic carbocycles. The number of anilines is 1. The summed E-state index contributed by atoms with van der Waals surface area (Å²) in [5.41, 5.74) is 1.90. The van der Waals surface area contributed by atoms with Crippen molar-refractivity contribution in [2.45, 2.75) is 50.9 Å². The van der Waals surface area contributed by atoms with Gasteiger partial charge in [0.2, 0.25) is 5.91 Å². The Balaban J connectivity index is 1.60. The van der Waals surface area contributed by atoms with Gasteiger partial charge in [-0.05, 0) is 29.7 Å². The van der Waals surface area contributed by atoms with E-state index in [4.69, 9.17) is 4.74 Å². The zero-order valence-electron chi connectivity index (χ0n) is 16.4. The molecule has 27 heavy (non-hydrogen) atoms. The molecule has 0 spiro atoms. The number of Topliss-reactive ketones (excluding diaryl/α,β-unsaturated/α-hetero) is 1. The average Bonchev–Trinajstić information content (AvgIpc) is 2.58. The zero-order valence-corrected chi connectivity index (χ0v) is 17.4. The van der Waals surface area contributed by atoms with Crippen molar-refractivity contribution in [3.8, 4) is 0 Å². The van der Waals surface area contributed by atoms with Gasteiger partial charge < -0.3 is 4.74 Å². The van der Waals surface area contributed by atoms with Crippen LogP contribution in [0.1, 0.15) is 30.7 Å². The van der Waals surface area contributed by atoms with Gasteiger partial charge in [0.15, 0.2) is 0 Å². The van der Waals surface area contributed by atoms with Gasteiger partial charge in [-0.2, -0.15) is 0 Å². The second kappa shape index (κ2) is 7.94. The van der Waals surface area contributed by atoms with Crippen LogP contribution in [0.5, 0.6) is 0 Å². The van der Waals surface area contributed by atoms with E-state index >= 15 is 0 Å². The SMILES string of the molecule is C[Si](C)(C)CCOCN1C(=O)CCN(c2ccc(C3CC(=O)C3)cc2)C1=O. The minimum absolute atomic E-state index is 0.0148. The molecule has 7 heteroatoms. The van der Waals surface area contributed by atoms with Crippen molar-refractivity contribution in [2.75, 3.05) is 24.8 Å². The summed E-state index contributed by atoms with van der Waals surface area (Å²) < 4.78 is 5.62. The summed E-state index contributed by atoms with van der Waals surface area (Å²) in [7, 11) is -1.21. The number of carbonyl (C=O) groups is 3. The Kier molecular flexibility index (Phi) is 5.81. The Morgan fingerprint density at radius 2 is 1.74 bits per heavy atom.